The minimum Gasteiger partial charge on any atom is -0.376 e. The van der Waals surface area contributed by atoms with Crippen molar-refractivity contribution in [3.05, 3.63) is 35.9 Å². The Hall–Kier alpha value is -1.43. The Kier molecular flexibility index (Phi) is 6.11. The van der Waals surface area contributed by atoms with Gasteiger partial charge in [-0.2, -0.15) is 0 Å². The molecule has 3 heterocycles. The van der Waals surface area contributed by atoms with Gasteiger partial charge < -0.3 is 19.3 Å². The number of amides is 1. The fourth-order valence-corrected chi connectivity index (χ4v) is 4.78. The molecule has 3 saturated heterocycles. The number of nitrogens with zero attached hydrogens (tertiary/aromatic N) is 2. The molecule has 1 aromatic carbocycles. The number of piperidine rings is 1. The van der Waals surface area contributed by atoms with Crippen LogP contribution in [-0.2, 0) is 20.7 Å². The highest BCUT2D eigenvalue weighted by atomic mass is 16.6. The summed E-state index contributed by atoms with van der Waals surface area (Å²) in [5.74, 6) is 0.362. The second-order valence-corrected chi connectivity index (χ2v) is 8.45. The average Bonchev–Trinajstić information content (AvgIpc) is 3.01. The Bertz CT molecular complexity index is 607. The quantitative estimate of drug-likeness (QED) is 0.769. The number of likely N-dealkylation sites (tertiary alicyclic amines) is 2. The highest BCUT2D eigenvalue weighted by Crippen LogP contribution is 2.41. The number of aryl methyl sites for hydroxylation is 1. The molecule has 3 aliphatic heterocycles. The van der Waals surface area contributed by atoms with Crippen LogP contribution in [0, 0.1) is 5.41 Å². The van der Waals surface area contributed by atoms with Crippen LogP contribution >= 0.6 is 0 Å². The summed E-state index contributed by atoms with van der Waals surface area (Å²) in [6, 6.07) is 10.6. The van der Waals surface area contributed by atoms with Crippen LogP contribution in [0.1, 0.15) is 31.2 Å². The van der Waals surface area contributed by atoms with E-state index < -0.39 is 0 Å². The Morgan fingerprint density at radius 3 is 2.67 bits per heavy atom. The van der Waals surface area contributed by atoms with Gasteiger partial charge in [-0.25, -0.2) is 0 Å². The molecule has 1 amide bonds. The van der Waals surface area contributed by atoms with E-state index in [4.69, 9.17) is 9.47 Å². The van der Waals surface area contributed by atoms with Crippen molar-refractivity contribution in [1.29, 1.82) is 0 Å². The van der Waals surface area contributed by atoms with E-state index in [1.54, 1.807) is 0 Å². The number of hydrogen-bond acceptors (Lipinski definition) is 4. The lowest BCUT2D eigenvalue weighted by molar-refractivity contribution is -0.127. The molecule has 3 aliphatic rings. The monoisotopic (exact) mass is 372 g/mol. The smallest absolute Gasteiger partial charge is 0.223 e. The number of ether oxygens (including phenoxy) is 2. The number of rotatable bonds is 6. The molecule has 0 aromatic heterocycles. The first-order chi connectivity index (χ1) is 13.2. The third-order valence-electron chi connectivity index (χ3n) is 6.41. The second-order valence-electron chi connectivity index (χ2n) is 8.45. The van der Waals surface area contributed by atoms with Gasteiger partial charge in [-0.1, -0.05) is 30.3 Å². The van der Waals surface area contributed by atoms with Crippen molar-refractivity contribution in [3.8, 4) is 0 Å². The summed E-state index contributed by atoms with van der Waals surface area (Å²) < 4.78 is 11.3. The van der Waals surface area contributed by atoms with Gasteiger partial charge in [0, 0.05) is 26.1 Å². The van der Waals surface area contributed by atoms with Crippen LogP contribution in [0.5, 0.6) is 0 Å². The van der Waals surface area contributed by atoms with Crippen molar-refractivity contribution in [1.82, 2.24) is 9.80 Å². The molecule has 148 valence electrons. The molecular weight excluding hydrogens is 340 g/mol. The Morgan fingerprint density at radius 1 is 1.11 bits per heavy atom. The molecule has 0 aliphatic carbocycles. The van der Waals surface area contributed by atoms with E-state index in [9.17, 15) is 4.79 Å². The van der Waals surface area contributed by atoms with Crippen LogP contribution < -0.4 is 0 Å². The summed E-state index contributed by atoms with van der Waals surface area (Å²) in [7, 11) is 0. The summed E-state index contributed by atoms with van der Waals surface area (Å²) >= 11 is 0. The summed E-state index contributed by atoms with van der Waals surface area (Å²) in [5, 5.41) is 0. The molecule has 5 heteroatoms. The molecule has 0 saturated carbocycles. The predicted molar refractivity (Wildman–Crippen MR) is 105 cm³/mol. The van der Waals surface area contributed by atoms with Crippen LogP contribution in [0.3, 0.4) is 0 Å². The molecule has 0 radical (unpaired) electrons. The molecule has 1 aromatic rings. The highest BCUT2D eigenvalue weighted by Gasteiger charge is 2.44. The van der Waals surface area contributed by atoms with Gasteiger partial charge in [-0.05, 0) is 49.8 Å². The van der Waals surface area contributed by atoms with Crippen molar-refractivity contribution in [3.63, 3.8) is 0 Å². The van der Waals surface area contributed by atoms with Crippen molar-refractivity contribution in [2.75, 3.05) is 52.5 Å². The molecular formula is C22H32N2O3. The van der Waals surface area contributed by atoms with Crippen molar-refractivity contribution in [2.45, 2.75) is 38.2 Å². The van der Waals surface area contributed by atoms with Crippen LogP contribution in [-0.4, -0.2) is 74.4 Å². The lowest BCUT2D eigenvalue weighted by atomic mass is 9.77. The minimum atomic E-state index is 0.213. The summed E-state index contributed by atoms with van der Waals surface area (Å²) in [6.07, 6.45) is 5.32. The largest absolute Gasteiger partial charge is 0.376 e. The maximum atomic E-state index is 12.6. The lowest BCUT2D eigenvalue weighted by Crippen LogP contribution is -2.46. The van der Waals surface area contributed by atoms with Crippen LogP contribution in [0.25, 0.3) is 0 Å². The number of carbonyl (C=O) groups excluding carboxylic acids is 1. The zero-order valence-electron chi connectivity index (χ0n) is 16.3. The minimum absolute atomic E-state index is 0.213. The lowest BCUT2D eigenvalue weighted by Gasteiger charge is -2.40. The number of carbonyl (C=O) groups is 1. The van der Waals surface area contributed by atoms with Crippen LogP contribution in [0.15, 0.2) is 30.3 Å². The molecule has 0 N–H and O–H groups in total. The Morgan fingerprint density at radius 2 is 1.93 bits per heavy atom. The summed E-state index contributed by atoms with van der Waals surface area (Å²) in [6.45, 7) is 7.12. The van der Waals surface area contributed by atoms with Gasteiger partial charge in [-0.3, -0.25) is 4.79 Å². The van der Waals surface area contributed by atoms with Crippen molar-refractivity contribution in [2.24, 2.45) is 5.41 Å². The molecule has 3 fully saturated rings. The normalized spacial score (nSPS) is 26.0. The van der Waals surface area contributed by atoms with Gasteiger partial charge in [-0.15, -0.1) is 0 Å². The second kappa shape index (κ2) is 8.72. The Balaban J connectivity index is 1.21. The first-order valence-electron chi connectivity index (χ1n) is 10.5. The fourth-order valence-electron chi connectivity index (χ4n) is 4.78. The molecule has 0 unspecified atom stereocenters. The van der Waals surface area contributed by atoms with Gasteiger partial charge in [0.2, 0.25) is 5.91 Å². The van der Waals surface area contributed by atoms with Gasteiger partial charge in [0.15, 0.2) is 0 Å². The first-order valence-corrected chi connectivity index (χ1v) is 10.5. The van der Waals surface area contributed by atoms with E-state index in [-0.39, 0.29) is 11.5 Å². The first kappa shape index (κ1) is 18.9. The van der Waals surface area contributed by atoms with E-state index in [0.29, 0.717) is 5.91 Å². The maximum absolute atomic E-state index is 12.6. The van der Waals surface area contributed by atoms with E-state index in [2.05, 4.69) is 40.1 Å². The van der Waals surface area contributed by atoms with Crippen molar-refractivity contribution >= 4 is 5.91 Å². The highest BCUT2D eigenvalue weighted by molar-refractivity contribution is 5.79. The number of hydrogen-bond donors (Lipinski definition) is 0. The van der Waals surface area contributed by atoms with Gasteiger partial charge in [0.1, 0.15) is 0 Å². The average molecular weight is 373 g/mol. The van der Waals surface area contributed by atoms with Crippen LogP contribution in [0.4, 0.5) is 0 Å². The molecule has 1 atom stereocenters. The third-order valence-corrected chi connectivity index (χ3v) is 6.41. The summed E-state index contributed by atoms with van der Waals surface area (Å²) in [4.78, 5) is 17.2. The zero-order valence-corrected chi connectivity index (χ0v) is 16.3. The molecule has 1 spiro atoms. The molecule has 27 heavy (non-hydrogen) atoms. The Labute approximate surface area is 162 Å². The SMILES string of the molecule is O=C1CC2(CCN(C[C@H]3COCCO3)CC2)CN1CCCc1ccccc1. The van der Waals surface area contributed by atoms with E-state index in [0.717, 1.165) is 84.6 Å². The summed E-state index contributed by atoms with van der Waals surface area (Å²) in [5.41, 5.74) is 1.57. The van der Waals surface area contributed by atoms with E-state index in [1.165, 1.54) is 5.56 Å². The standard InChI is InChI=1S/C22H32N2O3/c25-21-15-22(18-24(21)10-4-7-19-5-2-1-3-6-19)8-11-23(12-9-22)16-20-17-26-13-14-27-20/h1-3,5-6,20H,4,7-18H2/t20-/m0/s1. The van der Waals surface area contributed by atoms with Crippen LogP contribution in [0.2, 0.25) is 0 Å². The molecule has 5 nitrogen and oxygen atoms in total. The fraction of sp³-hybridized carbons (Fsp3) is 0.682. The van der Waals surface area contributed by atoms with E-state index in [1.807, 2.05) is 0 Å². The third kappa shape index (κ3) is 4.89. The maximum Gasteiger partial charge on any atom is 0.223 e. The van der Waals surface area contributed by atoms with E-state index >= 15 is 0 Å². The van der Waals surface area contributed by atoms with Crippen molar-refractivity contribution < 1.29 is 14.3 Å². The molecule has 0 bridgehead atoms. The van der Waals surface area contributed by atoms with Gasteiger partial charge in [0.25, 0.3) is 0 Å². The van der Waals surface area contributed by atoms with Gasteiger partial charge >= 0.3 is 0 Å². The van der Waals surface area contributed by atoms with Gasteiger partial charge in [0.05, 0.1) is 25.9 Å². The zero-order chi connectivity index (χ0) is 18.5. The molecule has 4 rings (SSSR count). The number of benzene rings is 1. The predicted octanol–water partition coefficient (Wildman–Crippen LogP) is 2.35. The topological polar surface area (TPSA) is 42.0 Å².